The van der Waals surface area contributed by atoms with Gasteiger partial charge in [-0.3, -0.25) is 9.69 Å². The van der Waals surface area contributed by atoms with Crippen LogP contribution in [0, 0.1) is 0 Å². The molecule has 0 bridgehead atoms. The van der Waals surface area contributed by atoms with Gasteiger partial charge in [0.25, 0.3) is 5.91 Å². The Morgan fingerprint density at radius 2 is 2.05 bits per heavy atom. The molecule has 0 atom stereocenters. The molecule has 3 amide bonds. The summed E-state index contributed by atoms with van der Waals surface area (Å²) in [6.07, 6.45) is 3.46. The molecule has 0 radical (unpaired) electrons. The van der Waals surface area contributed by atoms with Crippen LogP contribution < -0.4 is 5.32 Å². The minimum atomic E-state index is -0.336. The van der Waals surface area contributed by atoms with Crippen molar-refractivity contribution in [2.75, 3.05) is 6.54 Å². The van der Waals surface area contributed by atoms with E-state index in [1.165, 1.54) is 4.90 Å². The fraction of sp³-hybridized carbons (Fsp3) is 0.286. The zero-order valence-corrected chi connectivity index (χ0v) is 12.2. The van der Waals surface area contributed by atoms with Crippen molar-refractivity contribution in [1.29, 1.82) is 0 Å². The number of nitrogens with one attached hydrogen (secondary N) is 1. The monoisotopic (exact) mass is 322 g/mol. The van der Waals surface area contributed by atoms with Crippen LogP contribution in [0.4, 0.5) is 4.79 Å². The van der Waals surface area contributed by atoms with Gasteiger partial charge in [-0.1, -0.05) is 47.5 Å². The van der Waals surface area contributed by atoms with Crippen molar-refractivity contribution < 1.29 is 9.59 Å². The first-order chi connectivity index (χ1) is 9.13. The molecule has 19 heavy (non-hydrogen) atoms. The van der Waals surface area contributed by atoms with Crippen LogP contribution in [0.2, 0.25) is 0 Å². The van der Waals surface area contributed by atoms with Crippen LogP contribution in [0.3, 0.4) is 0 Å². The first-order valence-corrected chi connectivity index (χ1v) is 7.02. The third-order valence-corrected chi connectivity index (χ3v) is 3.62. The van der Waals surface area contributed by atoms with Crippen LogP contribution in [0.5, 0.6) is 0 Å². The molecule has 5 heteroatoms. The number of hydrogen-bond acceptors (Lipinski definition) is 2. The number of benzene rings is 1. The number of amides is 3. The Kier molecular flexibility index (Phi) is 4.37. The van der Waals surface area contributed by atoms with E-state index in [0.717, 1.165) is 22.9 Å². The molecule has 1 aromatic carbocycles. The summed E-state index contributed by atoms with van der Waals surface area (Å²) in [4.78, 5) is 25.1. The lowest BCUT2D eigenvalue weighted by Crippen LogP contribution is -2.31. The van der Waals surface area contributed by atoms with Gasteiger partial charge in [0.05, 0.1) is 0 Å². The van der Waals surface area contributed by atoms with E-state index in [1.807, 2.05) is 31.2 Å². The first-order valence-electron chi connectivity index (χ1n) is 6.22. The van der Waals surface area contributed by atoms with E-state index >= 15 is 0 Å². The summed E-state index contributed by atoms with van der Waals surface area (Å²) in [5.74, 6) is -0.255. The molecule has 4 nitrogen and oxygen atoms in total. The van der Waals surface area contributed by atoms with E-state index in [1.54, 1.807) is 6.08 Å². The second kappa shape index (κ2) is 6.02. The largest absolute Gasteiger partial charge is 0.329 e. The van der Waals surface area contributed by atoms with Crippen molar-refractivity contribution >= 4 is 33.9 Å². The summed E-state index contributed by atoms with van der Waals surface area (Å²) in [6.45, 7) is 2.49. The summed E-state index contributed by atoms with van der Waals surface area (Å²) in [5.41, 5.74) is 1.19. The van der Waals surface area contributed by atoms with Gasteiger partial charge in [0.1, 0.15) is 5.70 Å². The minimum absolute atomic E-state index is 0.255. The second-order valence-corrected chi connectivity index (χ2v) is 5.17. The van der Waals surface area contributed by atoms with E-state index in [0.29, 0.717) is 12.2 Å². The topological polar surface area (TPSA) is 49.4 Å². The molecule has 1 saturated heterocycles. The smallest absolute Gasteiger partial charge is 0.303 e. The molecular weight excluding hydrogens is 308 g/mol. The third-order valence-electron chi connectivity index (χ3n) is 2.90. The highest BCUT2D eigenvalue weighted by Gasteiger charge is 2.32. The van der Waals surface area contributed by atoms with Crippen molar-refractivity contribution in [3.8, 4) is 0 Å². The summed E-state index contributed by atoms with van der Waals surface area (Å²) < 4.78 is 0.886. The molecule has 2 rings (SSSR count). The van der Waals surface area contributed by atoms with Crippen molar-refractivity contribution in [2.45, 2.75) is 19.8 Å². The summed E-state index contributed by atoms with van der Waals surface area (Å²) in [7, 11) is 0. The van der Waals surface area contributed by atoms with Crippen LogP contribution in [-0.2, 0) is 4.79 Å². The van der Waals surface area contributed by atoms with Gasteiger partial charge in [-0.25, -0.2) is 4.79 Å². The van der Waals surface area contributed by atoms with E-state index in [2.05, 4.69) is 21.2 Å². The van der Waals surface area contributed by atoms with Gasteiger partial charge in [0, 0.05) is 11.0 Å². The van der Waals surface area contributed by atoms with Gasteiger partial charge in [0.2, 0.25) is 0 Å². The molecule has 1 N–H and O–H groups in total. The quantitative estimate of drug-likeness (QED) is 0.683. The van der Waals surface area contributed by atoms with Crippen molar-refractivity contribution in [1.82, 2.24) is 10.2 Å². The third kappa shape index (κ3) is 3.04. The van der Waals surface area contributed by atoms with Crippen LogP contribution in [0.25, 0.3) is 6.08 Å². The zero-order valence-electron chi connectivity index (χ0n) is 10.6. The van der Waals surface area contributed by atoms with Gasteiger partial charge < -0.3 is 5.32 Å². The number of carbonyl (C=O) groups is 2. The molecule has 1 aromatic rings. The lowest BCUT2D eigenvalue weighted by molar-refractivity contribution is -0.122. The highest BCUT2D eigenvalue weighted by molar-refractivity contribution is 9.10. The van der Waals surface area contributed by atoms with E-state index in [9.17, 15) is 9.59 Å². The standard InChI is InChI=1S/C14H15BrN2O2/c1-2-3-8-17-13(18)12(16-14(17)19)9-10-6-4-5-7-11(10)15/h4-7,9H,2-3,8H2,1H3,(H,16,19)/b12-9-. The van der Waals surface area contributed by atoms with Gasteiger partial charge in [0.15, 0.2) is 0 Å². The Balaban J connectivity index is 2.21. The molecule has 1 aliphatic rings. The SMILES string of the molecule is CCCCN1C(=O)N/C(=C\c2ccccc2Br)C1=O. The fourth-order valence-electron chi connectivity index (χ4n) is 1.84. The van der Waals surface area contributed by atoms with Crippen molar-refractivity contribution in [2.24, 2.45) is 0 Å². The average molecular weight is 323 g/mol. The number of hydrogen-bond donors (Lipinski definition) is 1. The maximum atomic E-state index is 12.1. The molecule has 1 aliphatic heterocycles. The Morgan fingerprint density at radius 1 is 1.32 bits per heavy atom. The Labute approximate surface area is 120 Å². The molecule has 100 valence electrons. The predicted octanol–water partition coefficient (Wildman–Crippen LogP) is 3.14. The molecule has 0 saturated carbocycles. The number of rotatable bonds is 4. The maximum Gasteiger partial charge on any atom is 0.329 e. The van der Waals surface area contributed by atoms with E-state index in [-0.39, 0.29) is 11.9 Å². The van der Waals surface area contributed by atoms with E-state index in [4.69, 9.17) is 0 Å². The van der Waals surface area contributed by atoms with Gasteiger partial charge in [-0.15, -0.1) is 0 Å². The molecule has 0 aliphatic carbocycles. The van der Waals surface area contributed by atoms with Crippen molar-refractivity contribution in [3.05, 3.63) is 40.0 Å². The molecule has 1 fully saturated rings. The Morgan fingerprint density at radius 3 is 2.74 bits per heavy atom. The summed E-state index contributed by atoms with van der Waals surface area (Å²) in [5, 5.41) is 2.62. The number of imide groups is 1. The Bertz CT molecular complexity index is 540. The molecule has 0 unspecified atom stereocenters. The molecule has 0 spiro atoms. The number of nitrogens with zero attached hydrogens (tertiary/aromatic N) is 1. The number of halogens is 1. The lowest BCUT2D eigenvalue weighted by Gasteiger charge is -2.09. The number of urea groups is 1. The van der Waals surface area contributed by atoms with Crippen LogP contribution in [0.1, 0.15) is 25.3 Å². The van der Waals surface area contributed by atoms with E-state index < -0.39 is 0 Å². The van der Waals surface area contributed by atoms with Crippen LogP contribution in [0.15, 0.2) is 34.4 Å². The highest BCUT2D eigenvalue weighted by atomic mass is 79.9. The summed E-state index contributed by atoms with van der Waals surface area (Å²) in [6, 6.07) is 7.21. The van der Waals surface area contributed by atoms with Gasteiger partial charge in [-0.2, -0.15) is 0 Å². The average Bonchev–Trinajstić information content (AvgIpc) is 2.65. The van der Waals surface area contributed by atoms with Gasteiger partial charge >= 0.3 is 6.03 Å². The number of unbranched alkanes of at least 4 members (excludes halogenated alkanes) is 1. The van der Waals surface area contributed by atoms with Crippen LogP contribution >= 0.6 is 15.9 Å². The second-order valence-electron chi connectivity index (χ2n) is 4.32. The highest BCUT2D eigenvalue weighted by Crippen LogP contribution is 2.21. The number of carbonyl (C=O) groups excluding carboxylic acids is 2. The van der Waals surface area contributed by atoms with Crippen LogP contribution in [-0.4, -0.2) is 23.4 Å². The molecule has 0 aromatic heterocycles. The molecular formula is C14H15BrN2O2. The predicted molar refractivity (Wildman–Crippen MR) is 77.3 cm³/mol. The van der Waals surface area contributed by atoms with Gasteiger partial charge in [-0.05, 0) is 24.1 Å². The minimum Gasteiger partial charge on any atom is -0.303 e. The lowest BCUT2D eigenvalue weighted by atomic mass is 10.2. The maximum absolute atomic E-state index is 12.1. The van der Waals surface area contributed by atoms with Crippen molar-refractivity contribution in [3.63, 3.8) is 0 Å². The Hall–Kier alpha value is -1.62. The fourth-order valence-corrected chi connectivity index (χ4v) is 2.24. The zero-order chi connectivity index (χ0) is 13.8. The normalized spacial score (nSPS) is 17.2. The first kappa shape index (κ1) is 13.8. The summed E-state index contributed by atoms with van der Waals surface area (Å²) >= 11 is 3.41. The molecule has 1 heterocycles.